The molecule has 0 radical (unpaired) electrons. The highest BCUT2D eigenvalue weighted by Gasteiger charge is 1.89. The van der Waals surface area contributed by atoms with Crippen molar-refractivity contribution in [3.8, 4) is 0 Å². The fourth-order valence-corrected chi connectivity index (χ4v) is 0.988. The van der Waals surface area contributed by atoms with Gasteiger partial charge in [-0.25, -0.2) is 0 Å². The quantitative estimate of drug-likeness (QED) is 0.698. The summed E-state index contributed by atoms with van der Waals surface area (Å²) in [7, 11) is 0. The molecule has 1 aromatic rings. The van der Waals surface area contributed by atoms with Gasteiger partial charge in [0.1, 0.15) is 0 Å². The van der Waals surface area contributed by atoms with Crippen LogP contribution in [0.1, 0.15) is 5.56 Å². The standard InChI is InChI=1S/C11H14N2O/c12-6-11(9-14)8-13-7-10-4-2-1-3-5-10/h1-6,8,14H,7,9,12H2. The first kappa shape index (κ1) is 10.5. The lowest BCUT2D eigenvalue weighted by Gasteiger charge is -1.95. The Balaban J connectivity index is 2.49. The van der Waals surface area contributed by atoms with Crippen LogP contribution in [0.2, 0.25) is 0 Å². The summed E-state index contributed by atoms with van der Waals surface area (Å²) in [5.74, 6) is 0. The number of aliphatic hydroxyl groups excluding tert-OH is 1. The number of hydrogen-bond donors (Lipinski definition) is 2. The minimum atomic E-state index is -0.0746. The van der Waals surface area contributed by atoms with Crippen molar-refractivity contribution in [1.82, 2.24) is 0 Å². The SMILES string of the molecule is NC=C(C=NCc1ccccc1)CO. The van der Waals surface area contributed by atoms with Crippen LogP contribution < -0.4 is 5.73 Å². The molecule has 0 spiro atoms. The molecule has 3 nitrogen and oxygen atoms in total. The van der Waals surface area contributed by atoms with Crippen molar-refractivity contribution in [3.05, 3.63) is 47.7 Å². The van der Waals surface area contributed by atoms with Gasteiger partial charge in [-0.15, -0.1) is 0 Å². The number of nitrogens with two attached hydrogens (primary N) is 1. The van der Waals surface area contributed by atoms with Gasteiger partial charge in [-0.1, -0.05) is 30.3 Å². The van der Waals surface area contributed by atoms with E-state index in [0.29, 0.717) is 12.1 Å². The van der Waals surface area contributed by atoms with Gasteiger partial charge >= 0.3 is 0 Å². The normalized spacial score (nSPS) is 12.2. The van der Waals surface area contributed by atoms with E-state index < -0.39 is 0 Å². The van der Waals surface area contributed by atoms with Crippen molar-refractivity contribution in [2.45, 2.75) is 6.54 Å². The van der Waals surface area contributed by atoms with Crippen LogP contribution in [0.3, 0.4) is 0 Å². The highest BCUT2D eigenvalue weighted by atomic mass is 16.3. The predicted molar refractivity (Wildman–Crippen MR) is 58.0 cm³/mol. The summed E-state index contributed by atoms with van der Waals surface area (Å²) >= 11 is 0. The molecule has 0 fully saturated rings. The average Bonchev–Trinajstić information content (AvgIpc) is 2.26. The van der Waals surface area contributed by atoms with E-state index in [-0.39, 0.29) is 6.61 Å². The Kier molecular flexibility index (Phi) is 4.44. The molecule has 0 unspecified atom stereocenters. The van der Waals surface area contributed by atoms with E-state index in [0.717, 1.165) is 5.56 Å². The number of rotatable bonds is 4. The molecular formula is C11H14N2O. The molecule has 0 aromatic heterocycles. The van der Waals surface area contributed by atoms with Crippen molar-refractivity contribution in [1.29, 1.82) is 0 Å². The Bertz CT molecular complexity index is 317. The molecule has 14 heavy (non-hydrogen) atoms. The fourth-order valence-electron chi connectivity index (χ4n) is 0.988. The third kappa shape index (κ3) is 3.41. The molecule has 0 aliphatic heterocycles. The summed E-state index contributed by atoms with van der Waals surface area (Å²) in [6, 6.07) is 9.91. The molecular weight excluding hydrogens is 176 g/mol. The van der Waals surface area contributed by atoms with Gasteiger partial charge in [-0.3, -0.25) is 4.99 Å². The van der Waals surface area contributed by atoms with E-state index in [4.69, 9.17) is 10.8 Å². The molecule has 1 aromatic carbocycles. The van der Waals surface area contributed by atoms with E-state index >= 15 is 0 Å². The van der Waals surface area contributed by atoms with Crippen molar-refractivity contribution in [3.63, 3.8) is 0 Å². The molecule has 0 heterocycles. The first-order valence-corrected chi connectivity index (χ1v) is 4.42. The summed E-state index contributed by atoms with van der Waals surface area (Å²) < 4.78 is 0. The minimum absolute atomic E-state index is 0.0746. The molecule has 0 aliphatic rings. The zero-order valence-electron chi connectivity index (χ0n) is 7.93. The van der Waals surface area contributed by atoms with Crippen molar-refractivity contribution in [2.24, 2.45) is 10.7 Å². The molecule has 0 atom stereocenters. The average molecular weight is 190 g/mol. The fraction of sp³-hybridized carbons (Fsp3) is 0.182. The molecule has 0 saturated carbocycles. The number of aliphatic imine (C=N–C) groups is 1. The predicted octanol–water partition coefficient (Wildman–Crippen LogP) is 1.09. The van der Waals surface area contributed by atoms with Crippen LogP contribution in [0.4, 0.5) is 0 Å². The summed E-state index contributed by atoms with van der Waals surface area (Å²) in [5, 5.41) is 8.78. The Hall–Kier alpha value is -1.61. The third-order valence-corrected chi connectivity index (χ3v) is 1.77. The smallest absolute Gasteiger partial charge is 0.0710 e. The summed E-state index contributed by atoms with van der Waals surface area (Å²) in [6.45, 7) is 0.535. The minimum Gasteiger partial charge on any atom is -0.404 e. The second-order valence-electron chi connectivity index (χ2n) is 2.86. The van der Waals surface area contributed by atoms with Crippen LogP contribution in [-0.4, -0.2) is 17.9 Å². The Labute approximate surface area is 83.6 Å². The van der Waals surface area contributed by atoms with E-state index in [9.17, 15) is 0 Å². The summed E-state index contributed by atoms with van der Waals surface area (Å²) in [4.78, 5) is 4.15. The van der Waals surface area contributed by atoms with Crippen LogP contribution in [0, 0.1) is 0 Å². The molecule has 3 N–H and O–H groups in total. The van der Waals surface area contributed by atoms with Crippen molar-refractivity contribution in [2.75, 3.05) is 6.61 Å². The Morgan fingerprint density at radius 3 is 2.64 bits per heavy atom. The van der Waals surface area contributed by atoms with E-state index in [2.05, 4.69) is 4.99 Å². The molecule has 0 saturated heterocycles. The van der Waals surface area contributed by atoms with Crippen LogP contribution in [0.5, 0.6) is 0 Å². The monoisotopic (exact) mass is 190 g/mol. The third-order valence-electron chi connectivity index (χ3n) is 1.77. The lowest BCUT2D eigenvalue weighted by molar-refractivity contribution is 0.337. The number of aliphatic hydroxyl groups is 1. The van der Waals surface area contributed by atoms with Crippen LogP contribution in [0.15, 0.2) is 47.1 Å². The number of nitrogens with zero attached hydrogens (tertiary/aromatic N) is 1. The van der Waals surface area contributed by atoms with E-state index in [1.807, 2.05) is 30.3 Å². The maximum Gasteiger partial charge on any atom is 0.0710 e. The van der Waals surface area contributed by atoms with E-state index in [1.54, 1.807) is 6.21 Å². The maximum atomic E-state index is 8.78. The Morgan fingerprint density at radius 1 is 1.36 bits per heavy atom. The number of benzene rings is 1. The highest BCUT2D eigenvalue weighted by Crippen LogP contribution is 1.99. The molecule has 74 valence electrons. The van der Waals surface area contributed by atoms with Gasteiger partial charge < -0.3 is 10.8 Å². The summed E-state index contributed by atoms with van der Waals surface area (Å²) in [6.07, 6.45) is 2.95. The second kappa shape index (κ2) is 5.94. The van der Waals surface area contributed by atoms with Crippen LogP contribution in [-0.2, 0) is 6.54 Å². The largest absolute Gasteiger partial charge is 0.404 e. The molecule has 0 amide bonds. The van der Waals surface area contributed by atoms with Crippen molar-refractivity contribution >= 4 is 6.21 Å². The van der Waals surface area contributed by atoms with Crippen LogP contribution in [0.25, 0.3) is 0 Å². The van der Waals surface area contributed by atoms with Gasteiger partial charge in [-0.2, -0.15) is 0 Å². The Morgan fingerprint density at radius 2 is 2.07 bits per heavy atom. The van der Waals surface area contributed by atoms with Crippen LogP contribution >= 0.6 is 0 Å². The van der Waals surface area contributed by atoms with Gasteiger partial charge in [0, 0.05) is 18.0 Å². The first-order chi connectivity index (χ1) is 6.86. The second-order valence-corrected chi connectivity index (χ2v) is 2.86. The van der Waals surface area contributed by atoms with Gasteiger partial charge in [0.15, 0.2) is 0 Å². The zero-order chi connectivity index (χ0) is 10.2. The summed E-state index contributed by atoms with van der Waals surface area (Å²) in [5.41, 5.74) is 7.01. The topological polar surface area (TPSA) is 58.6 Å². The molecule has 0 bridgehead atoms. The molecule has 0 aliphatic carbocycles. The zero-order valence-corrected chi connectivity index (χ0v) is 7.93. The lowest BCUT2D eigenvalue weighted by Crippen LogP contribution is -1.96. The van der Waals surface area contributed by atoms with Gasteiger partial charge in [0.2, 0.25) is 0 Å². The molecule has 3 heteroatoms. The van der Waals surface area contributed by atoms with Crippen molar-refractivity contribution < 1.29 is 5.11 Å². The van der Waals surface area contributed by atoms with Gasteiger partial charge in [0.25, 0.3) is 0 Å². The van der Waals surface area contributed by atoms with Gasteiger partial charge in [-0.05, 0) is 5.56 Å². The number of hydrogen-bond acceptors (Lipinski definition) is 3. The first-order valence-electron chi connectivity index (χ1n) is 4.42. The highest BCUT2D eigenvalue weighted by molar-refractivity contribution is 5.78. The van der Waals surface area contributed by atoms with E-state index in [1.165, 1.54) is 6.20 Å². The van der Waals surface area contributed by atoms with Gasteiger partial charge in [0.05, 0.1) is 13.2 Å². The lowest BCUT2D eigenvalue weighted by atomic mass is 10.2. The molecule has 1 rings (SSSR count). The maximum absolute atomic E-state index is 8.78.